The summed E-state index contributed by atoms with van der Waals surface area (Å²) in [4.78, 5) is 29.9. The highest BCUT2D eigenvalue weighted by atomic mass is 16.5. The fraction of sp³-hybridized carbons (Fsp3) is 0.481. The first-order chi connectivity index (χ1) is 16.1. The number of hydrogen-bond donors (Lipinski definition) is 1. The molecule has 0 aliphatic carbocycles. The molecular formula is C27H35N3O3. The third kappa shape index (κ3) is 6.14. The number of benzene rings is 2. The normalized spacial score (nSPS) is 18.2. The van der Waals surface area contributed by atoms with Gasteiger partial charge in [-0.1, -0.05) is 30.3 Å². The molecule has 0 radical (unpaired) electrons. The molecule has 2 aromatic rings. The van der Waals surface area contributed by atoms with Crippen molar-refractivity contribution in [2.24, 2.45) is 5.92 Å². The Bertz CT molecular complexity index is 900. The zero-order valence-electron chi connectivity index (χ0n) is 19.5. The molecule has 2 aliphatic rings. The van der Waals surface area contributed by atoms with Gasteiger partial charge in [-0.15, -0.1) is 0 Å². The van der Waals surface area contributed by atoms with Crippen LogP contribution in [-0.4, -0.2) is 67.5 Å². The first-order valence-corrected chi connectivity index (χ1v) is 12.1. The van der Waals surface area contributed by atoms with E-state index in [0.29, 0.717) is 18.2 Å². The second-order valence-electron chi connectivity index (χ2n) is 9.09. The van der Waals surface area contributed by atoms with Gasteiger partial charge in [0.2, 0.25) is 5.91 Å². The molecule has 0 bridgehead atoms. The summed E-state index contributed by atoms with van der Waals surface area (Å²) in [5.74, 6) is 1.18. The van der Waals surface area contributed by atoms with Gasteiger partial charge in [-0.05, 0) is 75.0 Å². The number of nitrogens with zero attached hydrogens (tertiary/aromatic N) is 2. The van der Waals surface area contributed by atoms with Gasteiger partial charge in [0.1, 0.15) is 5.75 Å². The van der Waals surface area contributed by atoms with Crippen molar-refractivity contribution in [3.05, 3.63) is 65.7 Å². The molecule has 2 aromatic carbocycles. The van der Waals surface area contributed by atoms with Crippen LogP contribution in [0.4, 0.5) is 0 Å². The van der Waals surface area contributed by atoms with Gasteiger partial charge in [0.05, 0.1) is 7.11 Å². The van der Waals surface area contributed by atoms with Crippen molar-refractivity contribution in [2.45, 2.75) is 38.1 Å². The van der Waals surface area contributed by atoms with E-state index in [4.69, 9.17) is 4.74 Å². The summed E-state index contributed by atoms with van der Waals surface area (Å²) in [7, 11) is 1.63. The van der Waals surface area contributed by atoms with Crippen LogP contribution in [0.15, 0.2) is 54.6 Å². The van der Waals surface area contributed by atoms with Crippen molar-refractivity contribution in [3.63, 3.8) is 0 Å². The van der Waals surface area contributed by atoms with E-state index in [0.717, 1.165) is 64.0 Å². The number of ether oxygens (including phenoxy) is 1. The second kappa shape index (κ2) is 11.3. The Kier molecular flexibility index (Phi) is 8.00. The molecule has 0 unspecified atom stereocenters. The molecule has 0 aromatic heterocycles. The number of rotatable bonds is 7. The van der Waals surface area contributed by atoms with Gasteiger partial charge in [-0.3, -0.25) is 9.59 Å². The summed E-state index contributed by atoms with van der Waals surface area (Å²) >= 11 is 0. The van der Waals surface area contributed by atoms with E-state index in [-0.39, 0.29) is 17.7 Å². The molecule has 0 spiro atoms. The van der Waals surface area contributed by atoms with Crippen LogP contribution in [0.5, 0.6) is 5.75 Å². The Labute approximate surface area is 196 Å². The van der Waals surface area contributed by atoms with Gasteiger partial charge in [0, 0.05) is 37.2 Å². The van der Waals surface area contributed by atoms with Crippen molar-refractivity contribution < 1.29 is 14.3 Å². The Hall–Kier alpha value is -2.86. The zero-order valence-corrected chi connectivity index (χ0v) is 19.5. The number of likely N-dealkylation sites (tertiary alicyclic amines) is 2. The zero-order chi connectivity index (χ0) is 23.0. The van der Waals surface area contributed by atoms with Crippen molar-refractivity contribution >= 4 is 11.8 Å². The Balaban J connectivity index is 1.17. The third-order valence-electron chi connectivity index (χ3n) is 7.06. The average molecular weight is 450 g/mol. The molecule has 2 amide bonds. The molecule has 2 aliphatic heterocycles. The quantitative estimate of drug-likeness (QED) is 0.704. The van der Waals surface area contributed by atoms with Crippen LogP contribution in [0.25, 0.3) is 0 Å². The van der Waals surface area contributed by atoms with Crippen molar-refractivity contribution in [2.75, 3.05) is 39.8 Å². The highest BCUT2D eigenvalue weighted by Crippen LogP contribution is 2.25. The minimum absolute atomic E-state index is 0.0991. The second-order valence-corrected chi connectivity index (χ2v) is 9.09. The van der Waals surface area contributed by atoms with Gasteiger partial charge in [-0.25, -0.2) is 0 Å². The highest BCUT2D eigenvalue weighted by molar-refractivity contribution is 5.94. The minimum atomic E-state index is 0.0991. The number of carbonyl (C=O) groups is 2. The maximum absolute atomic E-state index is 12.8. The number of methoxy groups -OCH3 is 1. The number of amides is 2. The minimum Gasteiger partial charge on any atom is -0.497 e. The van der Waals surface area contributed by atoms with Crippen LogP contribution in [0.3, 0.4) is 0 Å². The molecule has 2 fully saturated rings. The SMILES string of the molecule is COc1ccc(C(=O)N2CCC(N3CCC(C(=O)NCCc4ccccc4)CC3)CC2)cc1. The van der Waals surface area contributed by atoms with E-state index in [1.165, 1.54) is 5.56 Å². The molecule has 2 heterocycles. The van der Waals surface area contributed by atoms with E-state index in [1.807, 2.05) is 47.4 Å². The van der Waals surface area contributed by atoms with E-state index in [1.54, 1.807) is 7.11 Å². The average Bonchev–Trinajstić information content (AvgIpc) is 2.89. The summed E-state index contributed by atoms with van der Waals surface area (Å²) in [5.41, 5.74) is 1.97. The van der Waals surface area contributed by atoms with E-state index < -0.39 is 0 Å². The number of nitrogens with one attached hydrogen (secondary N) is 1. The molecule has 6 nitrogen and oxygen atoms in total. The van der Waals surface area contributed by atoms with Crippen LogP contribution < -0.4 is 10.1 Å². The fourth-order valence-electron chi connectivity index (χ4n) is 5.00. The van der Waals surface area contributed by atoms with Crippen molar-refractivity contribution in [1.29, 1.82) is 0 Å². The van der Waals surface area contributed by atoms with Crippen LogP contribution in [0, 0.1) is 5.92 Å². The molecule has 1 N–H and O–H groups in total. The standard InChI is InChI=1S/C27H35N3O3/c1-33-25-9-7-23(8-10-25)27(32)30-19-14-24(15-20-30)29-17-12-22(13-18-29)26(31)28-16-11-21-5-3-2-4-6-21/h2-10,22,24H,11-20H2,1H3,(H,28,31). The maximum Gasteiger partial charge on any atom is 0.253 e. The smallest absolute Gasteiger partial charge is 0.253 e. The Morgan fingerprint density at radius 1 is 0.909 bits per heavy atom. The molecule has 2 saturated heterocycles. The third-order valence-corrected chi connectivity index (χ3v) is 7.06. The van der Waals surface area contributed by atoms with Gasteiger partial charge in [0.15, 0.2) is 0 Å². The number of carbonyl (C=O) groups excluding carboxylic acids is 2. The summed E-state index contributed by atoms with van der Waals surface area (Å²) < 4.78 is 5.18. The maximum atomic E-state index is 12.8. The van der Waals surface area contributed by atoms with Gasteiger partial charge in [0.25, 0.3) is 5.91 Å². The van der Waals surface area contributed by atoms with Crippen LogP contribution in [-0.2, 0) is 11.2 Å². The molecule has 176 valence electrons. The van der Waals surface area contributed by atoms with Gasteiger partial charge in [-0.2, -0.15) is 0 Å². The summed E-state index contributed by atoms with van der Waals surface area (Å²) in [5, 5.41) is 3.13. The highest BCUT2D eigenvalue weighted by Gasteiger charge is 2.31. The summed E-state index contributed by atoms with van der Waals surface area (Å²) in [6.07, 6.45) is 4.70. The molecule has 33 heavy (non-hydrogen) atoms. The molecule has 0 atom stereocenters. The lowest BCUT2D eigenvalue weighted by Crippen LogP contribution is -2.50. The lowest BCUT2D eigenvalue weighted by Gasteiger charge is -2.41. The molecule has 4 rings (SSSR count). The topological polar surface area (TPSA) is 61.9 Å². The fourth-order valence-corrected chi connectivity index (χ4v) is 5.00. The summed E-state index contributed by atoms with van der Waals surface area (Å²) in [6.45, 7) is 4.20. The van der Waals surface area contributed by atoms with Crippen molar-refractivity contribution in [1.82, 2.24) is 15.1 Å². The van der Waals surface area contributed by atoms with Crippen molar-refractivity contribution in [3.8, 4) is 5.75 Å². The van der Waals surface area contributed by atoms with E-state index >= 15 is 0 Å². The number of piperidine rings is 2. The first kappa shape index (κ1) is 23.3. The predicted molar refractivity (Wildman–Crippen MR) is 129 cm³/mol. The van der Waals surface area contributed by atoms with Crippen LogP contribution in [0.1, 0.15) is 41.6 Å². The largest absolute Gasteiger partial charge is 0.497 e. The van der Waals surface area contributed by atoms with Crippen LogP contribution >= 0.6 is 0 Å². The lowest BCUT2D eigenvalue weighted by atomic mass is 9.92. The Morgan fingerprint density at radius 2 is 1.58 bits per heavy atom. The van der Waals surface area contributed by atoms with E-state index in [2.05, 4.69) is 22.3 Å². The Morgan fingerprint density at radius 3 is 2.21 bits per heavy atom. The lowest BCUT2D eigenvalue weighted by molar-refractivity contribution is -0.126. The molecule has 0 saturated carbocycles. The molecule has 6 heteroatoms. The summed E-state index contributed by atoms with van der Waals surface area (Å²) in [6, 6.07) is 18.1. The molecular weight excluding hydrogens is 414 g/mol. The van der Waals surface area contributed by atoms with Gasteiger partial charge < -0.3 is 19.9 Å². The monoisotopic (exact) mass is 449 g/mol. The predicted octanol–water partition coefficient (Wildman–Crippen LogP) is 3.37. The van der Waals surface area contributed by atoms with Crippen LogP contribution in [0.2, 0.25) is 0 Å². The first-order valence-electron chi connectivity index (χ1n) is 12.1. The number of hydrogen-bond acceptors (Lipinski definition) is 4. The van der Waals surface area contributed by atoms with E-state index in [9.17, 15) is 9.59 Å². The van der Waals surface area contributed by atoms with Gasteiger partial charge >= 0.3 is 0 Å².